The summed E-state index contributed by atoms with van der Waals surface area (Å²) in [6.45, 7) is 1.99. The van der Waals surface area contributed by atoms with Crippen LogP contribution in [0.4, 0.5) is 4.39 Å². The van der Waals surface area contributed by atoms with Crippen molar-refractivity contribution in [3.63, 3.8) is 0 Å². The van der Waals surface area contributed by atoms with E-state index in [0.29, 0.717) is 22.9 Å². The highest BCUT2D eigenvalue weighted by molar-refractivity contribution is 6.30. The maximum Gasteiger partial charge on any atom is 0.166 e. The van der Waals surface area contributed by atoms with Crippen molar-refractivity contribution in [3.05, 3.63) is 28.5 Å². The van der Waals surface area contributed by atoms with Gasteiger partial charge in [-0.2, -0.15) is 0 Å². The van der Waals surface area contributed by atoms with Gasteiger partial charge in [0, 0.05) is 5.02 Å². The molecule has 1 aliphatic rings. The van der Waals surface area contributed by atoms with Gasteiger partial charge in [0.2, 0.25) is 0 Å². The minimum absolute atomic E-state index is 0.247. The largest absolute Gasteiger partial charge is 0.505 e. The number of benzene rings is 1. The molecular weight excluding hydrogens is 229 g/mol. The standard InChI is InChI=1S/C12H15ClFNO/c13-10-6-9(12(16)11(14)7-10)5-8-1-3-15-4-2-8/h6-8,15-16H,1-5H2. The summed E-state index contributed by atoms with van der Waals surface area (Å²) in [7, 11) is 0. The fraction of sp³-hybridized carbons (Fsp3) is 0.500. The summed E-state index contributed by atoms with van der Waals surface area (Å²) in [6, 6.07) is 2.80. The second-order valence-electron chi connectivity index (χ2n) is 4.29. The molecule has 1 heterocycles. The maximum absolute atomic E-state index is 13.2. The van der Waals surface area contributed by atoms with Gasteiger partial charge in [-0.3, -0.25) is 0 Å². The van der Waals surface area contributed by atoms with Crippen LogP contribution in [0, 0.1) is 11.7 Å². The van der Waals surface area contributed by atoms with Crippen LogP contribution >= 0.6 is 11.6 Å². The lowest BCUT2D eigenvalue weighted by Gasteiger charge is -2.23. The number of hydrogen-bond donors (Lipinski definition) is 2. The fourth-order valence-electron chi connectivity index (χ4n) is 2.17. The molecule has 4 heteroatoms. The molecule has 2 rings (SSSR count). The van der Waals surface area contributed by atoms with Crippen molar-refractivity contribution in [2.45, 2.75) is 19.3 Å². The zero-order chi connectivity index (χ0) is 11.5. The van der Waals surface area contributed by atoms with Gasteiger partial charge in [-0.05, 0) is 56.0 Å². The molecular formula is C12H15ClFNO. The van der Waals surface area contributed by atoms with Crippen LogP contribution in [0.1, 0.15) is 18.4 Å². The van der Waals surface area contributed by atoms with Gasteiger partial charge in [0.1, 0.15) is 0 Å². The summed E-state index contributed by atoms with van der Waals surface area (Å²) >= 11 is 5.78. The first kappa shape index (κ1) is 11.7. The van der Waals surface area contributed by atoms with Gasteiger partial charge in [-0.25, -0.2) is 4.39 Å². The molecule has 16 heavy (non-hydrogen) atoms. The van der Waals surface area contributed by atoms with Crippen molar-refractivity contribution in [1.29, 1.82) is 0 Å². The summed E-state index contributed by atoms with van der Waals surface area (Å²) in [5, 5.41) is 13.2. The van der Waals surface area contributed by atoms with Crippen molar-refractivity contribution < 1.29 is 9.50 Å². The Kier molecular flexibility index (Phi) is 3.66. The number of halogens is 2. The molecule has 1 saturated heterocycles. The van der Waals surface area contributed by atoms with E-state index in [2.05, 4.69) is 5.32 Å². The Morgan fingerprint density at radius 1 is 1.38 bits per heavy atom. The van der Waals surface area contributed by atoms with E-state index in [-0.39, 0.29) is 5.75 Å². The lowest BCUT2D eigenvalue weighted by molar-refractivity contribution is 0.362. The minimum atomic E-state index is -0.628. The fourth-order valence-corrected chi connectivity index (χ4v) is 2.40. The van der Waals surface area contributed by atoms with E-state index in [1.807, 2.05) is 0 Å². The predicted molar refractivity (Wildman–Crippen MR) is 62.4 cm³/mol. The highest BCUT2D eigenvalue weighted by Gasteiger charge is 2.17. The Balaban J connectivity index is 2.13. The number of phenolic OH excluding ortho intramolecular Hbond substituents is 1. The number of piperidine rings is 1. The van der Waals surface area contributed by atoms with Gasteiger partial charge >= 0.3 is 0 Å². The number of aromatic hydroxyl groups is 1. The molecule has 1 aliphatic heterocycles. The molecule has 2 N–H and O–H groups in total. The van der Waals surface area contributed by atoms with Gasteiger partial charge < -0.3 is 10.4 Å². The molecule has 0 atom stereocenters. The van der Waals surface area contributed by atoms with Gasteiger partial charge in [0.25, 0.3) is 0 Å². The molecule has 0 saturated carbocycles. The molecule has 0 aromatic heterocycles. The van der Waals surface area contributed by atoms with Crippen LogP contribution in [0.3, 0.4) is 0 Å². The smallest absolute Gasteiger partial charge is 0.166 e. The molecule has 0 bridgehead atoms. The molecule has 1 fully saturated rings. The second-order valence-corrected chi connectivity index (χ2v) is 4.73. The van der Waals surface area contributed by atoms with E-state index in [1.165, 1.54) is 0 Å². The lowest BCUT2D eigenvalue weighted by Crippen LogP contribution is -2.28. The average molecular weight is 244 g/mol. The van der Waals surface area contributed by atoms with E-state index >= 15 is 0 Å². The van der Waals surface area contributed by atoms with Gasteiger partial charge in [-0.1, -0.05) is 11.6 Å². The van der Waals surface area contributed by atoms with Crippen LogP contribution in [0.2, 0.25) is 5.02 Å². The van der Waals surface area contributed by atoms with Crippen LogP contribution in [-0.4, -0.2) is 18.2 Å². The molecule has 0 radical (unpaired) electrons. The highest BCUT2D eigenvalue weighted by atomic mass is 35.5. The van der Waals surface area contributed by atoms with Crippen LogP contribution < -0.4 is 5.32 Å². The average Bonchev–Trinajstić information content (AvgIpc) is 2.27. The van der Waals surface area contributed by atoms with E-state index < -0.39 is 5.82 Å². The molecule has 1 aromatic rings. The van der Waals surface area contributed by atoms with E-state index in [9.17, 15) is 9.50 Å². The lowest BCUT2D eigenvalue weighted by atomic mass is 9.90. The first-order valence-electron chi connectivity index (χ1n) is 5.54. The van der Waals surface area contributed by atoms with Crippen LogP contribution in [0.5, 0.6) is 5.75 Å². The molecule has 0 aliphatic carbocycles. The first-order valence-corrected chi connectivity index (χ1v) is 5.92. The zero-order valence-corrected chi connectivity index (χ0v) is 9.73. The molecule has 88 valence electrons. The SMILES string of the molecule is Oc1c(F)cc(Cl)cc1CC1CCNCC1. The second kappa shape index (κ2) is 5.02. The van der Waals surface area contributed by atoms with Gasteiger partial charge in [0.15, 0.2) is 11.6 Å². The van der Waals surface area contributed by atoms with Crippen molar-refractivity contribution in [1.82, 2.24) is 5.32 Å². The highest BCUT2D eigenvalue weighted by Crippen LogP contribution is 2.29. The van der Waals surface area contributed by atoms with E-state index in [4.69, 9.17) is 11.6 Å². The minimum Gasteiger partial charge on any atom is -0.505 e. The Bertz CT molecular complexity index is 378. The Morgan fingerprint density at radius 2 is 2.06 bits per heavy atom. The van der Waals surface area contributed by atoms with Crippen molar-refractivity contribution in [3.8, 4) is 5.75 Å². The molecule has 0 spiro atoms. The normalized spacial score (nSPS) is 17.6. The van der Waals surface area contributed by atoms with E-state index in [1.54, 1.807) is 6.07 Å². The first-order chi connectivity index (χ1) is 7.66. The monoisotopic (exact) mass is 243 g/mol. The third-order valence-corrected chi connectivity index (χ3v) is 3.29. The Morgan fingerprint density at radius 3 is 2.75 bits per heavy atom. The third kappa shape index (κ3) is 2.66. The molecule has 2 nitrogen and oxygen atoms in total. The summed E-state index contributed by atoms with van der Waals surface area (Å²) in [5.41, 5.74) is 0.622. The number of rotatable bonds is 2. The predicted octanol–water partition coefficient (Wildman–Crippen LogP) is 2.73. The third-order valence-electron chi connectivity index (χ3n) is 3.07. The Hall–Kier alpha value is -0.800. The van der Waals surface area contributed by atoms with Crippen molar-refractivity contribution in [2.24, 2.45) is 5.92 Å². The number of phenols is 1. The summed E-state index contributed by atoms with van der Waals surface area (Å²) in [6.07, 6.45) is 2.83. The van der Waals surface area contributed by atoms with E-state index in [0.717, 1.165) is 32.0 Å². The van der Waals surface area contributed by atoms with Gasteiger partial charge in [0.05, 0.1) is 0 Å². The number of nitrogens with one attached hydrogen (secondary N) is 1. The summed E-state index contributed by atoms with van der Waals surface area (Å²) < 4.78 is 13.2. The van der Waals surface area contributed by atoms with Crippen LogP contribution in [0.15, 0.2) is 12.1 Å². The Labute approximate surface area is 99.4 Å². The van der Waals surface area contributed by atoms with Crippen LogP contribution in [-0.2, 0) is 6.42 Å². The molecule has 1 aromatic carbocycles. The van der Waals surface area contributed by atoms with Crippen molar-refractivity contribution in [2.75, 3.05) is 13.1 Å². The zero-order valence-electron chi connectivity index (χ0n) is 8.97. The maximum atomic E-state index is 13.2. The molecule has 0 amide bonds. The van der Waals surface area contributed by atoms with Gasteiger partial charge in [-0.15, -0.1) is 0 Å². The quantitative estimate of drug-likeness (QED) is 0.837. The molecule has 0 unspecified atom stereocenters. The summed E-state index contributed by atoms with van der Waals surface area (Å²) in [5.74, 6) is -0.371. The summed E-state index contributed by atoms with van der Waals surface area (Å²) in [4.78, 5) is 0. The van der Waals surface area contributed by atoms with Crippen molar-refractivity contribution >= 4 is 11.6 Å². The van der Waals surface area contributed by atoms with Crippen LogP contribution in [0.25, 0.3) is 0 Å². The number of hydrogen-bond acceptors (Lipinski definition) is 2. The topological polar surface area (TPSA) is 32.3 Å².